The van der Waals surface area contributed by atoms with Gasteiger partial charge in [0.2, 0.25) is 0 Å². The molecule has 1 atom stereocenters. The first-order valence-electron chi connectivity index (χ1n) is 5.39. The molecule has 16 heavy (non-hydrogen) atoms. The van der Waals surface area contributed by atoms with Crippen molar-refractivity contribution in [1.29, 1.82) is 0 Å². The molecule has 0 aliphatic heterocycles. The standard InChI is InChI=1S/C11H18N2O2S/c1-4-10(11(14)15-3)12-6-5-9-7-16-8(2)13-9/h7,10,12H,4-6H2,1-3H3. The first kappa shape index (κ1) is 13.1. The van der Waals surface area contributed by atoms with Crippen molar-refractivity contribution in [3.63, 3.8) is 0 Å². The van der Waals surface area contributed by atoms with Gasteiger partial charge in [-0.3, -0.25) is 4.79 Å². The predicted molar refractivity (Wildman–Crippen MR) is 64.7 cm³/mol. The number of hydrogen-bond donors (Lipinski definition) is 1. The number of ether oxygens (including phenoxy) is 1. The molecule has 0 saturated carbocycles. The Hall–Kier alpha value is -0.940. The third kappa shape index (κ3) is 3.90. The number of rotatable bonds is 6. The van der Waals surface area contributed by atoms with E-state index in [9.17, 15) is 4.79 Å². The lowest BCUT2D eigenvalue weighted by Gasteiger charge is -2.13. The number of nitrogens with zero attached hydrogens (tertiary/aromatic N) is 1. The van der Waals surface area contributed by atoms with Gasteiger partial charge < -0.3 is 10.1 Å². The fraction of sp³-hybridized carbons (Fsp3) is 0.636. The Morgan fingerprint density at radius 2 is 2.44 bits per heavy atom. The monoisotopic (exact) mass is 242 g/mol. The van der Waals surface area contributed by atoms with Crippen molar-refractivity contribution in [1.82, 2.24) is 10.3 Å². The summed E-state index contributed by atoms with van der Waals surface area (Å²) in [4.78, 5) is 15.7. The highest BCUT2D eigenvalue weighted by Gasteiger charge is 2.15. The van der Waals surface area contributed by atoms with E-state index in [0.29, 0.717) is 0 Å². The maximum atomic E-state index is 11.3. The molecule has 0 radical (unpaired) electrons. The van der Waals surface area contributed by atoms with Gasteiger partial charge in [-0.2, -0.15) is 0 Å². The van der Waals surface area contributed by atoms with Gasteiger partial charge in [0.25, 0.3) is 0 Å². The van der Waals surface area contributed by atoms with Crippen LogP contribution in [-0.4, -0.2) is 30.6 Å². The summed E-state index contributed by atoms with van der Waals surface area (Å²) in [5.74, 6) is -0.197. The number of hydrogen-bond acceptors (Lipinski definition) is 5. The lowest BCUT2D eigenvalue weighted by atomic mass is 10.2. The van der Waals surface area contributed by atoms with Crippen molar-refractivity contribution < 1.29 is 9.53 Å². The van der Waals surface area contributed by atoms with E-state index in [1.54, 1.807) is 11.3 Å². The quantitative estimate of drug-likeness (QED) is 0.769. The molecular weight excluding hydrogens is 224 g/mol. The Bertz CT molecular complexity index is 338. The Balaban J connectivity index is 2.31. The average Bonchev–Trinajstić information content (AvgIpc) is 2.69. The van der Waals surface area contributed by atoms with E-state index >= 15 is 0 Å². The van der Waals surface area contributed by atoms with Crippen LogP contribution in [0.2, 0.25) is 0 Å². The Morgan fingerprint density at radius 1 is 1.69 bits per heavy atom. The molecule has 1 rings (SSSR count). The van der Waals surface area contributed by atoms with E-state index in [0.717, 1.165) is 30.1 Å². The van der Waals surface area contributed by atoms with E-state index < -0.39 is 0 Å². The minimum atomic E-state index is -0.204. The molecule has 90 valence electrons. The summed E-state index contributed by atoms with van der Waals surface area (Å²) in [6, 6.07) is -0.204. The van der Waals surface area contributed by atoms with Crippen LogP contribution >= 0.6 is 11.3 Å². The molecule has 5 heteroatoms. The maximum absolute atomic E-state index is 11.3. The number of esters is 1. The van der Waals surface area contributed by atoms with Gasteiger partial charge in [-0.05, 0) is 13.3 Å². The van der Waals surface area contributed by atoms with Crippen LogP contribution < -0.4 is 5.32 Å². The van der Waals surface area contributed by atoms with E-state index in [1.807, 2.05) is 13.8 Å². The van der Waals surface area contributed by atoms with Crippen LogP contribution in [0.25, 0.3) is 0 Å². The highest BCUT2D eigenvalue weighted by atomic mass is 32.1. The molecule has 0 aliphatic rings. The topological polar surface area (TPSA) is 51.2 Å². The fourth-order valence-electron chi connectivity index (χ4n) is 1.43. The van der Waals surface area contributed by atoms with Gasteiger partial charge in [-0.15, -0.1) is 11.3 Å². The number of aromatic nitrogens is 1. The number of carbonyl (C=O) groups is 1. The summed E-state index contributed by atoms with van der Waals surface area (Å²) < 4.78 is 4.70. The van der Waals surface area contributed by atoms with Crippen LogP contribution in [0.15, 0.2) is 5.38 Å². The zero-order chi connectivity index (χ0) is 12.0. The predicted octanol–water partition coefficient (Wildman–Crippen LogP) is 1.54. The van der Waals surface area contributed by atoms with Crippen LogP contribution in [-0.2, 0) is 16.0 Å². The molecule has 1 unspecified atom stereocenters. The summed E-state index contributed by atoms with van der Waals surface area (Å²) in [6.07, 6.45) is 1.58. The molecule has 1 heterocycles. The molecule has 0 aliphatic carbocycles. The van der Waals surface area contributed by atoms with Crippen molar-refractivity contribution in [2.45, 2.75) is 32.7 Å². The van der Waals surface area contributed by atoms with E-state index in [2.05, 4.69) is 15.7 Å². The number of aryl methyl sites for hydroxylation is 1. The Labute approximate surface area is 100 Å². The zero-order valence-corrected chi connectivity index (χ0v) is 10.8. The van der Waals surface area contributed by atoms with Crippen molar-refractivity contribution in [3.05, 3.63) is 16.1 Å². The second-order valence-corrected chi connectivity index (χ2v) is 4.61. The van der Waals surface area contributed by atoms with Crippen molar-refractivity contribution in [3.8, 4) is 0 Å². The van der Waals surface area contributed by atoms with Crippen molar-refractivity contribution >= 4 is 17.3 Å². The van der Waals surface area contributed by atoms with E-state index in [4.69, 9.17) is 4.74 Å². The lowest BCUT2D eigenvalue weighted by Crippen LogP contribution is -2.38. The van der Waals surface area contributed by atoms with Gasteiger partial charge in [-0.1, -0.05) is 6.92 Å². The van der Waals surface area contributed by atoms with Gasteiger partial charge >= 0.3 is 5.97 Å². The highest BCUT2D eigenvalue weighted by molar-refractivity contribution is 7.09. The van der Waals surface area contributed by atoms with Gasteiger partial charge in [0.1, 0.15) is 6.04 Å². The average molecular weight is 242 g/mol. The highest BCUT2D eigenvalue weighted by Crippen LogP contribution is 2.08. The largest absolute Gasteiger partial charge is 0.468 e. The summed E-state index contributed by atoms with van der Waals surface area (Å²) in [5.41, 5.74) is 1.08. The van der Waals surface area contributed by atoms with Crippen LogP contribution in [0, 0.1) is 6.92 Å². The Morgan fingerprint density at radius 3 is 2.94 bits per heavy atom. The number of carbonyl (C=O) groups excluding carboxylic acids is 1. The first-order valence-corrected chi connectivity index (χ1v) is 6.27. The molecule has 1 N–H and O–H groups in total. The molecule has 0 saturated heterocycles. The Kier molecular flexibility index (Phi) is 5.42. The smallest absolute Gasteiger partial charge is 0.322 e. The minimum absolute atomic E-state index is 0.197. The molecule has 0 bridgehead atoms. The second-order valence-electron chi connectivity index (χ2n) is 3.55. The van der Waals surface area contributed by atoms with Crippen LogP contribution in [0.1, 0.15) is 24.0 Å². The molecular formula is C11H18N2O2S. The number of thiazole rings is 1. The van der Waals surface area contributed by atoms with Crippen LogP contribution in [0.3, 0.4) is 0 Å². The number of nitrogens with one attached hydrogen (secondary N) is 1. The fourth-order valence-corrected chi connectivity index (χ4v) is 2.08. The van der Waals surface area contributed by atoms with Crippen molar-refractivity contribution in [2.24, 2.45) is 0 Å². The van der Waals surface area contributed by atoms with E-state index in [1.165, 1.54) is 7.11 Å². The molecule has 0 amide bonds. The summed E-state index contributed by atoms with van der Waals surface area (Å²) in [5, 5.41) is 6.30. The SMILES string of the molecule is CCC(NCCc1csc(C)n1)C(=O)OC. The maximum Gasteiger partial charge on any atom is 0.322 e. The van der Waals surface area contributed by atoms with E-state index in [-0.39, 0.29) is 12.0 Å². The third-order valence-corrected chi connectivity index (χ3v) is 3.15. The molecule has 4 nitrogen and oxygen atoms in total. The minimum Gasteiger partial charge on any atom is -0.468 e. The van der Waals surface area contributed by atoms with Crippen LogP contribution in [0.4, 0.5) is 0 Å². The molecule has 1 aromatic heterocycles. The molecule has 0 aromatic carbocycles. The third-order valence-electron chi connectivity index (χ3n) is 2.33. The molecule has 0 spiro atoms. The normalized spacial score (nSPS) is 12.4. The summed E-state index contributed by atoms with van der Waals surface area (Å²) >= 11 is 1.65. The number of methoxy groups -OCH3 is 1. The molecule has 0 fully saturated rings. The van der Waals surface area contributed by atoms with Gasteiger partial charge in [-0.25, -0.2) is 4.98 Å². The van der Waals surface area contributed by atoms with Gasteiger partial charge in [0.05, 0.1) is 17.8 Å². The summed E-state index contributed by atoms with van der Waals surface area (Å²) in [6.45, 7) is 4.70. The first-order chi connectivity index (χ1) is 7.67. The van der Waals surface area contributed by atoms with Crippen molar-refractivity contribution in [2.75, 3.05) is 13.7 Å². The zero-order valence-electron chi connectivity index (χ0n) is 9.95. The van der Waals surface area contributed by atoms with Gasteiger partial charge in [0.15, 0.2) is 0 Å². The summed E-state index contributed by atoms with van der Waals surface area (Å²) in [7, 11) is 1.41. The second kappa shape index (κ2) is 6.60. The van der Waals surface area contributed by atoms with Gasteiger partial charge in [0, 0.05) is 18.3 Å². The lowest BCUT2D eigenvalue weighted by molar-refractivity contribution is -0.143. The van der Waals surface area contributed by atoms with Crippen LogP contribution in [0.5, 0.6) is 0 Å². The molecule has 1 aromatic rings.